The van der Waals surface area contributed by atoms with Crippen molar-refractivity contribution in [3.05, 3.63) is 73.3 Å². The molecule has 0 saturated heterocycles. The standard InChI is InChI=1S/C40H70N12O9Si4/c1-49-27-28-50(2)39(49)47-45-37-19-15-35(16-20-37)43-25-13-33-63(55-7,56-8)60-64(57-9,32-12-24-42)61-65(58-10,59-62(53-5,54-6)31-11-23-41)34-14-26-44-36-17-21-38(22-18-36)46-48-40-51(3)29-30-52(40)4/h15-22,27-30H,11-14,23-26,31-34,41-42H2,1-10H3/p+2/t64-,65?/m0/s1. The Hall–Kier alpha value is -3.91. The average Bonchev–Trinajstić information content (AvgIpc) is 3.84. The predicted molar refractivity (Wildman–Crippen MR) is 256 cm³/mol. The first-order chi connectivity index (χ1) is 31.3. The minimum Gasteiger partial charge on any atom is -0.385 e. The molecule has 360 valence electrons. The molecule has 0 fully saturated rings. The SMILES string of the molecule is CO[Si](CCCN)(OC)O[Si](CCCNc1ccc(/N=N/c2n(C)cc[n+]2C)cc1)(OC)O[Si@@](CCCN)(OC)O[Si](CCCNc1ccc(/N=N/c2n(C)cc[n+]2C)cc1)(OC)OC. The minimum atomic E-state index is -3.78. The number of nitrogens with two attached hydrogens (primary N) is 2. The van der Waals surface area contributed by atoms with Crippen molar-refractivity contribution in [3.8, 4) is 0 Å². The Balaban J connectivity index is 1.49. The lowest BCUT2D eigenvalue weighted by atomic mass is 10.3. The first kappa shape index (κ1) is 53.7. The van der Waals surface area contributed by atoms with Crippen molar-refractivity contribution < 1.29 is 48.0 Å². The van der Waals surface area contributed by atoms with E-state index in [0.29, 0.717) is 76.0 Å². The molecule has 25 heteroatoms. The maximum Gasteiger partial charge on any atom is 0.493 e. The molecule has 4 aromatic rings. The molecule has 0 bridgehead atoms. The second-order valence-electron chi connectivity index (χ2n) is 15.2. The minimum absolute atomic E-state index is 0.356. The van der Waals surface area contributed by atoms with Crippen molar-refractivity contribution in [1.29, 1.82) is 0 Å². The van der Waals surface area contributed by atoms with E-state index in [4.69, 9.17) is 50.4 Å². The van der Waals surface area contributed by atoms with Gasteiger partial charge in [0.05, 0.1) is 53.0 Å². The summed E-state index contributed by atoms with van der Waals surface area (Å²) in [5.41, 5.74) is 15.4. The molecule has 4 rings (SSSR count). The third kappa shape index (κ3) is 15.6. The van der Waals surface area contributed by atoms with Gasteiger partial charge in [0, 0.05) is 102 Å². The quantitative estimate of drug-likeness (QED) is 0.0205. The Labute approximate surface area is 388 Å². The fourth-order valence-corrected chi connectivity index (χ4v) is 22.8. The molecule has 0 aliphatic heterocycles. The van der Waals surface area contributed by atoms with Gasteiger partial charge in [0.2, 0.25) is 0 Å². The van der Waals surface area contributed by atoms with E-state index in [1.807, 2.05) is 120 Å². The number of nitrogens with one attached hydrogen (secondary N) is 2. The van der Waals surface area contributed by atoms with Gasteiger partial charge < -0.3 is 61.0 Å². The molecule has 0 spiro atoms. The molecule has 0 radical (unpaired) electrons. The molecule has 65 heavy (non-hydrogen) atoms. The molecule has 21 nitrogen and oxygen atoms in total. The highest BCUT2D eigenvalue weighted by molar-refractivity contribution is 6.83. The van der Waals surface area contributed by atoms with Crippen molar-refractivity contribution >= 4 is 69.9 Å². The number of aryl methyl sites for hydroxylation is 4. The maximum atomic E-state index is 7.17. The number of benzene rings is 2. The van der Waals surface area contributed by atoms with Crippen LogP contribution in [0.2, 0.25) is 24.2 Å². The van der Waals surface area contributed by atoms with Gasteiger partial charge in [0.15, 0.2) is 0 Å². The molecule has 0 aliphatic carbocycles. The zero-order valence-corrected chi connectivity index (χ0v) is 43.8. The molecule has 0 amide bonds. The number of anilines is 2. The molecule has 2 aromatic heterocycles. The summed E-state index contributed by atoms with van der Waals surface area (Å²) in [6.07, 6.45) is 10.1. The Bertz CT molecular complexity index is 2020. The van der Waals surface area contributed by atoms with Crippen molar-refractivity contribution in [3.63, 3.8) is 0 Å². The largest absolute Gasteiger partial charge is 0.493 e. The normalized spacial score (nSPS) is 14.3. The first-order valence-corrected chi connectivity index (χ1v) is 29.4. The van der Waals surface area contributed by atoms with Crippen LogP contribution in [0.5, 0.6) is 0 Å². The molecule has 0 aliphatic rings. The van der Waals surface area contributed by atoms with E-state index in [-0.39, 0.29) is 0 Å². The van der Waals surface area contributed by atoms with Crippen LogP contribution in [-0.2, 0) is 67.1 Å². The van der Waals surface area contributed by atoms with Crippen LogP contribution in [0.3, 0.4) is 0 Å². The fourth-order valence-electron chi connectivity index (χ4n) is 6.83. The summed E-state index contributed by atoms with van der Waals surface area (Å²) in [5, 5.41) is 24.6. The predicted octanol–water partition coefficient (Wildman–Crippen LogP) is 5.53. The van der Waals surface area contributed by atoms with E-state index in [2.05, 4.69) is 31.1 Å². The monoisotopic (exact) mass is 976 g/mol. The molecule has 2 atom stereocenters. The highest BCUT2D eigenvalue weighted by Gasteiger charge is 2.61. The lowest BCUT2D eigenvalue weighted by Gasteiger charge is -2.43. The third-order valence-electron chi connectivity index (χ3n) is 10.7. The van der Waals surface area contributed by atoms with Gasteiger partial charge in [-0.15, -0.1) is 0 Å². The molecule has 2 heterocycles. The number of aromatic nitrogens is 4. The van der Waals surface area contributed by atoms with E-state index in [1.165, 1.54) is 0 Å². The second kappa shape index (κ2) is 26.4. The van der Waals surface area contributed by atoms with Crippen LogP contribution in [-0.4, -0.2) is 113 Å². The lowest BCUT2D eigenvalue weighted by molar-refractivity contribution is -0.657. The number of imidazole rings is 2. The van der Waals surface area contributed by atoms with Crippen molar-refractivity contribution in [2.45, 2.75) is 49.9 Å². The second-order valence-corrected chi connectivity index (χ2v) is 27.6. The van der Waals surface area contributed by atoms with Crippen LogP contribution in [0.4, 0.5) is 34.6 Å². The van der Waals surface area contributed by atoms with E-state index in [0.717, 1.165) is 34.6 Å². The zero-order chi connectivity index (χ0) is 47.4. The van der Waals surface area contributed by atoms with Gasteiger partial charge >= 0.3 is 47.1 Å². The van der Waals surface area contributed by atoms with Crippen LogP contribution in [0.1, 0.15) is 25.7 Å². The van der Waals surface area contributed by atoms with Crippen LogP contribution < -0.4 is 31.2 Å². The number of rotatable bonds is 32. The molecule has 0 saturated carbocycles. The number of nitrogens with zero attached hydrogens (tertiary/aromatic N) is 8. The van der Waals surface area contributed by atoms with Gasteiger partial charge in [-0.05, 0) is 87.3 Å². The molecule has 1 unspecified atom stereocenters. The van der Waals surface area contributed by atoms with Crippen LogP contribution in [0.25, 0.3) is 0 Å². The summed E-state index contributed by atoms with van der Waals surface area (Å²) in [4.78, 5) is 0. The van der Waals surface area contributed by atoms with Gasteiger partial charge in [-0.3, -0.25) is 0 Å². The Morgan fingerprint density at radius 3 is 1.14 bits per heavy atom. The number of hydrogen-bond acceptors (Lipinski definition) is 17. The van der Waals surface area contributed by atoms with E-state index in [1.54, 1.807) is 42.7 Å². The third-order valence-corrected chi connectivity index (χ3v) is 25.7. The van der Waals surface area contributed by atoms with Gasteiger partial charge in [-0.1, -0.05) is 10.2 Å². The molecular weight excluding hydrogens is 905 g/mol. The van der Waals surface area contributed by atoms with Gasteiger partial charge in [-0.2, -0.15) is 0 Å². The Kier molecular flexibility index (Phi) is 21.8. The summed E-state index contributed by atoms with van der Waals surface area (Å²) in [7, 11) is 2.80. The topological polar surface area (TPSA) is 226 Å². The maximum absolute atomic E-state index is 7.17. The van der Waals surface area contributed by atoms with Crippen molar-refractivity contribution in [2.75, 3.05) is 79.5 Å². The molecule has 2 aromatic carbocycles. The van der Waals surface area contributed by atoms with Crippen LogP contribution >= 0.6 is 0 Å². The average molecular weight is 977 g/mol. The fraction of sp³-hybridized carbons (Fsp3) is 0.550. The summed E-state index contributed by atoms with van der Waals surface area (Å²) >= 11 is 0. The summed E-state index contributed by atoms with van der Waals surface area (Å²) in [6.45, 7) is 1.97. The lowest BCUT2D eigenvalue weighted by Crippen LogP contribution is -2.66. The van der Waals surface area contributed by atoms with Gasteiger partial charge in [0.1, 0.15) is 11.4 Å². The van der Waals surface area contributed by atoms with E-state index in [9.17, 15) is 0 Å². The number of azo groups is 2. The summed E-state index contributed by atoms with van der Waals surface area (Å²) < 4.78 is 65.9. The molecular formula is C40H72N12O9Si4+2. The van der Waals surface area contributed by atoms with Crippen molar-refractivity contribution in [1.82, 2.24) is 9.13 Å². The van der Waals surface area contributed by atoms with Crippen molar-refractivity contribution in [2.24, 2.45) is 60.1 Å². The van der Waals surface area contributed by atoms with E-state index >= 15 is 0 Å². The van der Waals surface area contributed by atoms with E-state index < -0.39 is 35.2 Å². The number of hydrogen-bond donors (Lipinski definition) is 4. The highest BCUT2D eigenvalue weighted by Crippen LogP contribution is 2.35. The summed E-state index contributed by atoms with van der Waals surface area (Å²) in [6, 6.07) is 17.1. The summed E-state index contributed by atoms with van der Waals surface area (Å²) in [5.74, 6) is 1.47. The van der Waals surface area contributed by atoms with Gasteiger partial charge in [0.25, 0.3) is 0 Å². The van der Waals surface area contributed by atoms with Crippen LogP contribution in [0.15, 0.2) is 93.8 Å². The van der Waals surface area contributed by atoms with Crippen LogP contribution in [0, 0.1) is 0 Å². The zero-order valence-electron chi connectivity index (χ0n) is 39.8. The Morgan fingerprint density at radius 1 is 0.492 bits per heavy atom. The highest BCUT2D eigenvalue weighted by atomic mass is 28.5. The molecule has 6 N–H and O–H groups in total. The van der Waals surface area contributed by atoms with Gasteiger partial charge in [-0.25, -0.2) is 18.3 Å². The Morgan fingerprint density at radius 2 is 0.815 bits per heavy atom. The first-order valence-electron chi connectivity index (χ1n) is 21.7. The smallest absolute Gasteiger partial charge is 0.385 e.